The van der Waals surface area contributed by atoms with Crippen LogP contribution in [0.5, 0.6) is 0 Å². The topological polar surface area (TPSA) is 67.2 Å². The molecule has 0 spiro atoms. The third-order valence-corrected chi connectivity index (χ3v) is 4.86. The number of hydrogen-bond donors (Lipinski definition) is 0. The smallest absolute Gasteiger partial charge is 0.246 e. The minimum atomic E-state index is -0.0687. The van der Waals surface area contributed by atoms with E-state index in [9.17, 15) is 4.79 Å². The van der Waals surface area contributed by atoms with Gasteiger partial charge >= 0.3 is 0 Å². The van der Waals surface area contributed by atoms with Crippen LogP contribution >= 0.6 is 0 Å². The van der Waals surface area contributed by atoms with Crippen LogP contribution in [0.1, 0.15) is 30.9 Å². The maximum Gasteiger partial charge on any atom is 0.246 e. The number of amides is 1. The summed E-state index contributed by atoms with van der Waals surface area (Å²) in [5, 5.41) is 12.5. The lowest BCUT2D eigenvalue weighted by atomic mass is 10.0. The van der Waals surface area contributed by atoms with Crippen molar-refractivity contribution in [3.05, 3.63) is 59.7 Å². The molecule has 3 rings (SSSR count). The lowest BCUT2D eigenvalue weighted by Crippen LogP contribution is -2.30. The first kappa shape index (κ1) is 20.5. The summed E-state index contributed by atoms with van der Waals surface area (Å²) >= 11 is 0. The predicted molar refractivity (Wildman–Crippen MR) is 115 cm³/mol. The minimum absolute atomic E-state index is 0.0589. The second-order valence-corrected chi connectivity index (χ2v) is 7.73. The predicted octanol–water partition coefficient (Wildman–Crippen LogP) is 3.19. The molecule has 7 heteroatoms. The van der Waals surface area contributed by atoms with Crippen molar-refractivity contribution in [2.45, 2.75) is 32.9 Å². The monoisotopic (exact) mass is 392 g/mol. The molecular formula is C22H28N6O. The Morgan fingerprint density at radius 3 is 2.24 bits per heavy atom. The largest absolute Gasteiger partial charge is 0.378 e. The van der Waals surface area contributed by atoms with Crippen LogP contribution in [0.15, 0.2) is 48.5 Å². The number of rotatable bonds is 7. The van der Waals surface area contributed by atoms with Crippen molar-refractivity contribution in [3.63, 3.8) is 0 Å². The zero-order valence-electron chi connectivity index (χ0n) is 17.7. The summed E-state index contributed by atoms with van der Waals surface area (Å²) in [5.41, 5.74) is 4.35. The maximum absolute atomic E-state index is 12.5. The third-order valence-electron chi connectivity index (χ3n) is 4.86. The number of tetrazole rings is 1. The first-order valence-corrected chi connectivity index (χ1v) is 9.72. The van der Waals surface area contributed by atoms with Crippen LogP contribution in [0.4, 0.5) is 5.69 Å². The molecule has 0 unspecified atom stereocenters. The molecule has 29 heavy (non-hydrogen) atoms. The molecule has 0 fully saturated rings. The summed E-state index contributed by atoms with van der Waals surface area (Å²) < 4.78 is 0. The highest BCUT2D eigenvalue weighted by Crippen LogP contribution is 2.19. The highest BCUT2D eigenvalue weighted by molar-refractivity contribution is 5.75. The molecule has 0 saturated carbocycles. The van der Waals surface area contributed by atoms with Crippen molar-refractivity contribution < 1.29 is 4.79 Å². The number of anilines is 1. The Morgan fingerprint density at radius 2 is 1.66 bits per heavy atom. The normalized spacial score (nSPS) is 11.0. The van der Waals surface area contributed by atoms with Gasteiger partial charge in [-0.2, -0.15) is 4.80 Å². The fourth-order valence-corrected chi connectivity index (χ4v) is 2.95. The summed E-state index contributed by atoms with van der Waals surface area (Å²) in [4.78, 5) is 17.6. The molecule has 2 aromatic carbocycles. The summed E-state index contributed by atoms with van der Waals surface area (Å²) in [7, 11) is 5.79. The second-order valence-electron chi connectivity index (χ2n) is 7.73. The average molecular weight is 393 g/mol. The van der Waals surface area contributed by atoms with Crippen molar-refractivity contribution in [2.75, 3.05) is 26.0 Å². The van der Waals surface area contributed by atoms with E-state index in [4.69, 9.17) is 0 Å². The minimum Gasteiger partial charge on any atom is -0.378 e. The van der Waals surface area contributed by atoms with Gasteiger partial charge in [-0.25, -0.2) is 0 Å². The van der Waals surface area contributed by atoms with Crippen LogP contribution in [-0.2, 0) is 17.9 Å². The van der Waals surface area contributed by atoms with E-state index in [2.05, 4.69) is 41.4 Å². The molecule has 0 aliphatic heterocycles. The Bertz CT molecular complexity index is 944. The van der Waals surface area contributed by atoms with Crippen molar-refractivity contribution in [1.29, 1.82) is 0 Å². The van der Waals surface area contributed by atoms with E-state index >= 15 is 0 Å². The van der Waals surface area contributed by atoms with Gasteiger partial charge in [-0.1, -0.05) is 50.2 Å². The summed E-state index contributed by atoms with van der Waals surface area (Å²) in [6.45, 7) is 4.90. The summed E-state index contributed by atoms with van der Waals surface area (Å²) in [6.07, 6.45) is 0. The molecule has 152 valence electrons. The number of carbonyl (C=O) groups is 1. The second kappa shape index (κ2) is 8.86. The van der Waals surface area contributed by atoms with E-state index in [1.54, 1.807) is 11.9 Å². The van der Waals surface area contributed by atoms with Gasteiger partial charge in [0.25, 0.3) is 0 Å². The molecule has 0 aliphatic rings. The molecule has 1 heterocycles. The van der Waals surface area contributed by atoms with Crippen LogP contribution in [0.3, 0.4) is 0 Å². The van der Waals surface area contributed by atoms with Crippen LogP contribution in [0.25, 0.3) is 11.4 Å². The number of benzene rings is 2. The van der Waals surface area contributed by atoms with E-state index in [-0.39, 0.29) is 12.5 Å². The Morgan fingerprint density at radius 1 is 1.00 bits per heavy atom. The van der Waals surface area contributed by atoms with Crippen molar-refractivity contribution in [1.82, 2.24) is 25.1 Å². The molecule has 0 aliphatic carbocycles. The molecule has 0 N–H and O–H groups in total. The number of likely N-dealkylation sites (N-methyl/N-ethyl adjacent to an activating group) is 1. The zero-order valence-corrected chi connectivity index (χ0v) is 17.7. The van der Waals surface area contributed by atoms with E-state index < -0.39 is 0 Å². The summed E-state index contributed by atoms with van der Waals surface area (Å²) in [5.74, 6) is 0.927. The van der Waals surface area contributed by atoms with E-state index in [0.29, 0.717) is 18.3 Å². The van der Waals surface area contributed by atoms with Gasteiger partial charge in [0, 0.05) is 38.9 Å². The Kier molecular flexibility index (Phi) is 6.26. The third kappa shape index (κ3) is 5.19. The lowest BCUT2D eigenvalue weighted by molar-refractivity contribution is -0.131. The van der Waals surface area contributed by atoms with Crippen molar-refractivity contribution >= 4 is 11.6 Å². The number of nitrogens with zero attached hydrogens (tertiary/aromatic N) is 6. The standard InChI is InChI=1S/C22H28N6O/c1-16(2)18-8-10-19(11-9-18)22-23-25-28(24-22)15-21(29)27(5)14-17-6-12-20(13-7-17)26(3)4/h6-13,16H,14-15H2,1-5H3. The molecule has 7 nitrogen and oxygen atoms in total. The number of aromatic nitrogens is 4. The first-order chi connectivity index (χ1) is 13.8. The van der Waals surface area contributed by atoms with E-state index in [0.717, 1.165) is 16.8 Å². The quantitative estimate of drug-likeness (QED) is 0.618. The molecule has 1 aromatic heterocycles. The Hall–Kier alpha value is -3.22. The van der Waals surface area contributed by atoms with Crippen LogP contribution < -0.4 is 4.90 Å². The number of carbonyl (C=O) groups excluding carboxylic acids is 1. The summed E-state index contributed by atoms with van der Waals surface area (Å²) in [6, 6.07) is 16.3. The van der Waals surface area contributed by atoms with E-state index in [1.807, 2.05) is 55.4 Å². The maximum atomic E-state index is 12.5. The molecular weight excluding hydrogens is 364 g/mol. The Labute approximate surface area is 171 Å². The van der Waals surface area contributed by atoms with Gasteiger partial charge in [0.05, 0.1) is 0 Å². The molecule has 3 aromatic rings. The fraction of sp³-hybridized carbons (Fsp3) is 0.364. The fourth-order valence-electron chi connectivity index (χ4n) is 2.95. The molecule has 1 amide bonds. The lowest BCUT2D eigenvalue weighted by Gasteiger charge is -2.18. The zero-order chi connectivity index (χ0) is 21.0. The van der Waals surface area contributed by atoms with Crippen LogP contribution in [0.2, 0.25) is 0 Å². The van der Waals surface area contributed by atoms with Gasteiger partial charge in [0.15, 0.2) is 0 Å². The number of hydrogen-bond acceptors (Lipinski definition) is 5. The molecule has 0 saturated heterocycles. The molecule has 0 atom stereocenters. The van der Waals surface area contributed by atoms with Crippen LogP contribution in [-0.4, -0.2) is 52.2 Å². The van der Waals surface area contributed by atoms with Gasteiger partial charge < -0.3 is 9.80 Å². The van der Waals surface area contributed by atoms with Gasteiger partial charge in [-0.05, 0) is 34.4 Å². The Balaban J connectivity index is 1.60. The van der Waals surface area contributed by atoms with E-state index in [1.165, 1.54) is 10.4 Å². The van der Waals surface area contributed by atoms with Gasteiger partial charge in [0.2, 0.25) is 11.7 Å². The van der Waals surface area contributed by atoms with Gasteiger partial charge in [-0.3, -0.25) is 4.79 Å². The van der Waals surface area contributed by atoms with Gasteiger partial charge in [-0.15, -0.1) is 10.2 Å². The van der Waals surface area contributed by atoms with Crippen LogP contribution in [0, 0.1) is 0 Å². The highest BCUT2D eigenvalue weighted by Gasteiger charge is 2.14. The molecule has 0 radical (unpaired) electrons. The first-order valence-electron chi connectivity index (χ1n) is 9.72. The molecule has 0 bridgehead atoms. The van der Waals surface area contributed by atoms with Crippen molar-refractivity contribution in [3.8, 4) is 11.4 Å². The highest BCUT2D eigenvalue weighted by atomic mass is 16.2. The average Bonchev–Trinajstić information content (AvgIpc) is 3.16. The SMILES string of the molecule is CC(C)c1ccc(-c2nnn(CC(=O)N(C)Cc3ccc(N(C)C)cc3)n2)cc1. The van der Waals surface area contributed by atoms with Gasteiger partial charge in [0.1, 0.15) is 6.54 Å². The van der Waals surface area contributed by atoms with Crippen molar-refractivity contribution in [2.24, 2.45) is 0 Å².